The van der Waals surface area contributed by atoms with Gasteiger partial charge in [0.15, 0.2) is 0 Å². The van der Waals surface area contributed by atoms with E-state index in [0.29, 0.717) is 6.54 Å². The molecule has 0 bridgehead atoms. The first-order valence-corrected chi connectivity index (χ1v) is 6.10. The van der Waals surface area contributed by atoms with Gasteiger partial charge in [0.1, 0.15) is 5.58 Å². The van der Waals surface area contributed by atoms with Gasteiger partial charge >= 0.3 is 0 Å². The van der Waals surface area contributed by atoms with Gasteiger partial charge in [-0.1, -0.05) is 42.5 Å². The molecule has 0 saturated heterocycles. The summed E-state index contributed by atoms with van der Waals surface area (Å²) in [4.78, 5) is 0. The van der Waals surface area contributed by atoms with Gasteiger partial charge in [0.2, 0.25) is 0 Å². The number of hydrogen-bond acceptors (Lipinski definition) is 2. The molecule has 1 heterocycles. The van der Waals surface area contributed by atoms with Crippen molar-refractivity contribution >= 4 is 11.0 Å². The summed E-state index contributed by atoms with van der Waals surface area (Å²) in [6, 6.07) is 16.5. The number of benzene rings is 2. The van der Waals surface area contributed by atoms with Gasteiger partial charge in [0.25, 0.3) is 0 Å². The Bertz CT molecular complexity index is 669. The van der Waals surface area contributed by atoms with Gasteiger partial charge in [-0.3, -0.25) is 0 Å². The van der Waals surface area contributed by atoms with Gasteiger partial charge < -0.3 is 10.2 Å². The predicted octanol–water partition coefficient (Wildman–Crippen LogP) is 3.48. The number of fused-ring (bicyclic) bond motifs is 1. The van der Waals surface area contributed by atoms with Crippen LogP contribution in [-0.2, 0) is 13.0 Å². The summed E-state index contributed by atoms with van der Waals surface area (Å²) in [5, 5.41) is 1.19. The van der Waals surface area contributed by atoms with Gasteiger partial charge in [0, 0.05) is 23.9 Å². The Labute approximate surface area is 106 Å². The van der Waals surface area contributed by atoms with Crippen molar-refractivity contribution in [1.29, 1.82) is 0 Å². The average molecular weight is 237 g/mol. The highest BCUT2D eigenvalue weighted by Gasteiger charge is 2.05. The Hall–Kier alpha value is -2.06. The van der Waals surface area contributed by atoms with Crippen molar-refractivity contribution in [1.82, 2.24) is 0 Å². The molecule has 2 nitrogen and oxygen atoms in total. The lowest BCUT2D eigenvalue weighted by molar-refractivity contribution is 0.611. The van der Waals surface area contributed by atoms with Crippen LogP contribution in [0.2, 0.25) is 0 Å². The summed E-state index contributed by atoms with van der Waals surface area (Å²) in [5.74, 6) is 0. The third-order valence-electron chi connectivity index (χ3n) is 3.18. The largest absolute Gasteiger partial charge is 0.464 e. The number of furan rings is 1. The molecule has 0 radical (unpaired) electrons. The second-order valence-corrected chi connectivity index (χ2v) is 4.46. The van der Waals surface area contributed by atoms with Crippen LogP contribution in [0.4, 0.5) is 0 Å². The maximum Gasteiger partial charge on any atom is 0.134 e. The zero-order chi connectivity index (χ0) is 12.4. The topological polar surface area (TPSA) is 39.2 Å². The first-order chi connectivity index (χ1) is 8.86. The molecule has 3 rings (SSSR count). The van der Waals surface area contributed by atoms with Crippen LogP contribution in [-0.4, -0.2) is 0 Å². The minimum absolute atomic E-state index is 0.583. The maximum absolute atomic E-state index is 5.66. The summed E-state index contributed by atoms with van der Waals surface area (Å²) in [7, 11) is 0. The third-order valence-corrected chi connectivity index (χ3v) is 3.18. The quantitative estimate of drug-likeness (QED) is 0.757. The third kappa shape index (κ3) is 2.03. The molecule has 3 aromatic rings. The van der Waals surface area contributed by atoms with E-state index in [0.717, 1.165) is 12.0 Å². The van der Waals surface area contributed by atoms with Crippen LogP contribution in [0.25, 0.3) is 11.0 Å². The van der Waals surface area contributed by atoms with Crippen LogP contribution < -0.4 is 5.73 Å². The molecule has 0 atom stereocenters. The maximum atomic E-state index is 5.66. The molecule has 0 fully saturated rings. The predicted molar refractivity (Wildman–Crippen MR) is 73.4 cm³/mol. The lowest BCUT2D eigenvalue weighted by atomic mass is 10.0. The molecule has 2 heteroatoms. The second kappa shape index (κ2) is 4.67. The first kappa shape index (κ1) is 11.1. The van der Waals surface area contributed by atoms with E-state index < -0.39 is 0 Å². The molecule has 1 aromatic heterocycles. The number of hydrogen-bond donors (Lipinski definition) is 1. The van der Waals surface area contributed by atoms with Gasteiger partial charge in [-0.25, -0.2) is 0 Å². The van der Waals surface area contributed by atoms with E-state index in [-0.39, 0.29) is 0 Å². The molecule has 0 aliphatic heterocycles. The fourth-order valence-corrected chi connectivity index (χ4v) is 2.26. The number of rotatable bonds is 3. The van der Waals surface area contributed by atoms with E-state index in [1.807, 2.05) is 24.5 Å². The second-order valence-electron chi connectivity index (χ2n) is 4.46. The van der Waals surface area contributed by atoms with Crippen LogP contribution in [0.15, 0.2) is 59.2 Å². The van der Waals surface area contributed by atoms with Gasteiger partial charge in [-0.15, -0.1) is 0 Å². The van der Waals surface area contributed by atoms with Crippen molar-refractivity contribution in [2.45, 2.75) is 13.0 Å². The summed E-state index contributed by atoms with van der Waals surface area (Å²) in [6.07, 6.45) is 2.73. The van der Waals surface area contributed by atoms with E-state index in [9.17, 15) is 0 Å². The molecule has 90 valence electrons. The minimum Gasteiger partial charge on any atom is -0.464 e. The van der Waals surface area contributed by atoms with E-state index in [2.05, 4.69) is 30.3 Å². The summed E-state index contributed by atoms with van der Waals surface area (Å²) in [5.41, 5.74) is 10.3. The SMILES string of the molecule is NCc1cccc(Cc2coc3ccccc23)c1. The van der Waals surface area contributed by atoms with Gasteiger partial charge in [-0.2, -0.15) is 0 Å². The van der Waals surface area contributed by atoms with Crippen LogP contribution in [0.3, 0.4) is 0 Å². The average Bonchev–Trinajstić information content (AvgIpc) is 2.83. The molecule has 0 spiro atoms. The van der Waals surface area contributed by atoms with Crippen LogP contribution in [0.1, 0.15) is 16.7 Å². The molecule has 0 saturated carbocycles. The zero-order valence-corrected chi connectivity index (χ0v) is 10.1. The van der Waals surface area contributed by atoms with Crippen molar-refractivity contribution < 1.29 is 4.42 Å². The van der Waals surface area contributed by atoms with Crippen molar-refractivity contribution in [2.75, 3.05) is 0 Å². The van der Waals surface area contributed by atoms with E-state index >= 15 is 0 Å². The lowest BCUT2D eigenvalue weighted by Crippen LogP contribution is -1.97. The monoisotopic (exact) mass is 237 g/mol. The summed E-state index contributed by atoms with van der Waals surface area (Å²) < 4.78 is 5.55. The van der Waals surface area contributed by atoms with E-state index in [1.54, 1.807) is 0 Å². The van der Waals surface area contributed by atoms with Gasteiger partial charge in [0.05, 0.1) is 6.26 Å². The summed E-state index contributed by atoms with van der Waals surface area (Å²) in [6.45, 7) is 0.583. The molecular weight excluding hydrogens is 222 g/mol. The van der Waals surface area contributed by atoms with Crippen molar-refractivity contribution in [3.8, 4) is 0 Å². The van der Waals surface area contributed by atoms with E-state index in [1.165, 1.54) is 22.1 Å². The van der Waals surface area contributed by atoms with Gasteiger partial charge in [-0.05, 0) is 17.2 Å². The standard InChI is InChI=1S/C16H15NO/c17-10-13-5-3-4-12(8-13)9-14-11-18-16-7-2-1-6-15(14)16/h1-8,11H,9-10,17H2. The molecule has 0 unspecified atom stereocenters. The first-order valence-electron chi connectivity index (χ1n) is 6.10. The Morgan fingerprint density at radius 2 is 1.78 bits per heavy atom. The number of para-hydroxylation sites is 1. The fourth-order valence-electron chi connectivity index (χ4n) is 2.26. The highest BCUT2D eigenvalue weighted by Crippen LogP contribution is 2.23. The minimum atomic E-state index is 0.583. The highest BCUT2D eigenvalue weighted by molar-refractivity contribution is 5.81. The Morgan fingerprint density at radius 3 is 2.67 bits per heavy atom. The normalized spacial score (nSPS) is 10.9. The molecular formula is C16H15NO. The summed E-state index contributed by atoms with van der Waals surface area (Å²) >= 11 is 0. The highest BCUT2D eigenvalue weighted by atomic mass is 16.3. The smallest absolute Gasteiger partial charge is 0.134 e. The zero-order valence-electron chi connectivity index (χ0n) is 10.1. The van der Waals surface area contributed by atoms with Crippen molar-refractivity contribution in [3.63, 3.8) is 0 Å². The molecule has 2 aromatic carbocycles. The molecule has 0 amide bonds. The lowest BCUT2D eigenvalue weighted by Gasteiger charge is -2.02. The Balaban J connectivity index is 1.96. The Kier molecular flexibility index (Phi) is 2.87. The molecule has 18 heavy (non-hydrogen) atoms. The Morgan fingerprint density at radius 1 is 0.944 bits per heavy atom. The van der Waals surface area contributed by atoms with E-state index in [4.69, 9.17) is 10.2 Å². The molecule has 0 aliphatic carbocycles. The van der Waals surface area contributed by atoms with Crippen LogP contribution >= 0.6 is 0 Å². The van der Waals surface area contributed by atoms with Crippen LogP contribution in [0.5, 0.6) is 0 Å². The fraction of sp³-hybridized carbons (Fsp3) is 0.125. The van der Waals surface area contributed by atoms with Crippen molar-refractivity contribution in [3.05, 3.63) is 71.5 Å². The van der Waals surface area contributed by atoms with Crippen molar-refractivity contribution in [2.24, 2.45) is 5.73 Å². The van der Waals surface area contributed by atoms with Crippen LogP contribution in [0, 0.1) is 0 Å². The molecule has 0 aliphatic rings. The number of nitrogens with two attached hydrogens (primary N) is 1. The molecule has 2 N–H and O–H groups in total.